The van der Waals surface area contributed by atoms with Crippen LogP contribution in [0.2, 0.25) is 10.0 Å². The maximum atomic E-state index is 12.9. The fraction of sp³-hybridized carbons (Fsp3) is 0.238. The molecule has 0 aliphatic rings. The summed E-state index contributed by atoms with van der Waals surface area (Å²) in [4.78, 5) is 20.7. The molecule has 0 aliphatic heterocycles. The highest BCUT2D eigenvalue weighted by atomic mass is 35.5. The lowest BCUT2D eigenvalue weighted by Gasteiger charge is -2.18. The fourth-order valence-electron chi connectivity index (χ4n) is 3.53. The van der Waals surface area contributed by atoms with E-state index in [0.29, 0.717) is 15.7 Å². The van der Waals surface area contributed by atoms with Crippen LogP contribution in [0.4, 0.5) is 0 Å². The van der Waals surface area contributed by atoms with Crippen LogP contribution in [0.3, 0.4) is 0 Å². The number of nitrogens with one attached hydrogen (secondary N) is 2. The average molecular weight is 415 g/mol. The molecule has 0 spiro atoms. The molecule has 144 valence electrons. The Morgan fingerprint density at radius 1 is 1.14 bits per heavy atom. The number of hydrogen-bond donors (Lipinski definition) is 2. The summed E-state index contributed by atoms with van der Waals surface area (Å²) < 4.78 is 2.15. The Morgan fingerprint density at radius 2 is 1.89 bits per heavy atom. The molecule has 1 unspecified atom stereocenters. The summed E-state index contributed by atoms with van der Waals surface area (Å²) in [6.45, 7) is 6.13. The lowest BCUT2D eigenvalue weighted by atomic mass is 10.2. The Balaban J connectivity index is 1.68. The number of aromatic amines is 1. The van der Waals surface area contributed by atoms with Crippen molar-refractivity contribution >= 4 is 51.0 Å². The third kappa shape index (κ3) is 3.15. The summed E-state index contributed by atoms with van der Waals surface area (Å²) in [5.41, 5.74) is 3.04. The van der Waals surface area contributed by atoms with Gasteiger partial charge in [-0.3, -0.25) is 4.79 Å². The van der Waals surface area contributed by atoms with Gasteiger partial charge in [0.2, 0.25) is 0 Å². The molecule has 7 heteroatoms. The number of para-hydroxylation sites is 2. The number of imidazole rings is 1. The van der Waals surface area contributed by atoms with Crippen molar-refractivity contribution in [2.75, 3.05) is 0 Å². The van der Waals surface area contributed by atoms with Gasteiger partial charge in [-0.25, -0.2) is 4.98 Å². The number of halogens is 2. The van der Waals surface area contributed by atoms with Gasteiger partial charge in [0.05, 0.1) is 22.1 Å². The van der Waals surface area contributed by atoms with Crippen molar-refractivity contribution in [3.8, 4) is 0 Å². The maximum Gasteiger partial charge on any atom is 0.269 e. The standard InChI is InChI=1S/C21H20Cl2N4O/c1-11(2)27-17-7-5-4-6-16(17)26-20(27)12(3)24-21(28)19-18(23)14-10-13(22)8-9-15(14)25-19/h4-12,25H,1-3H3,(H,24,28). The summed E-state index contributed by atoms with van der Waals surface area (Å²) in [5.74, 6) is 0.520. The van der Waals surface area contributed by atoms with E-state index in [4.69, 9.17) is 28.2 Å². The molecular formula is C21H20Cl2N4O. The second-order valence-corrected chi connectivity index (χ2v) is 7.94. The normalized spacial score (nSPS) is 12.8. The lowest BCUT2D eigenvalue weighted by Crippen LogP contribution is -2.29. The van der Waals surface area contributed by atoms with Crippen LogP contribution in [0.1, 0.15) is 49.2 Å². The van der Waals surface area contributed by atoms with Crippen LogP contribution in [-0.4, -0.2) is 20.4 Å². The Hall–Kier alpha value is -2.50. The van der Waals surface area contributed by atoms with Gasteiger partial charge in [-0.05, 0) is 51.1 Å². The molecule has 0 radical (unpaired) electrons. The van der Waals surface area contributed by atoms with Crippen LogP contribution in [0, 0.1) is 0 Å². The van der Waals surface area contributed by atoms with Gasteiger partial charge >= 0.3 is 0 Å². The Labute approximate surface area is 172 Å². The third-order valence-electron chi connectivity index (χ3n) is 4.80. The molecule has 0 saturated heterocycles. The van der Waals surface area contributed by atoms with E-state index in [1.54, 1.807) is 12.1 Å². The quantitative estimate of drug-likeness (QED) is 0.436. The summed E-state index contributed by atoms with van der Waals surface area (Å²) in [7, 11) is 0. The van der Waals surface area contributed by atoms with Crippen LogP contribution in [0.25, 0.3) is 21.9 Å². The van der Waals surface area contributed by atoms with Crippen LogP contribution in [0.15, 0.2) is 42.5 Å². The summed E-state index contributed by atoms with van der Waals surface area (Å²) in [6.07, 6.45) is 0. The Morgan fingerprint density at radius 3 is 2.64 bits per heavy atom. The number of hydrogen-bond acceptors (Lipinski definition) is 2. The Bertz CT molecular complexity index is 1190. The number of carbonyl (C=O) groups excluding carboxylic acids is 1. The van der Waals surface area contributed by atoms with Crippen molar-refractivity contribution < 1.29 is 4.79 Å². The van der Waals surface area contributed by atoms with E-state index >= 15 is 0 Å². The van der Waals surface area contributed by atoms with Gasteiger partial charge in [0.1, 0.15) is 11.5 Å². The molecule has 0 bridgehead atoms. The topological polar surface area (TPSA) is 62.7 Å². The average Bonchev–Trinajstić information content (AvgIpc) is 3.20. The highest BCUT2D eigenvalue weighted by molar-refractivity contribution is 6.39. The SMILES string of the molecule is CC(NC(=O)c1[nH]c2ccc(Cl)cc2c1Cl)c1nc2ccccc2n1C(C)C. The van der Waals surface area contributed by atoms with E-state index in [2.05, 4.69) is 28.7 Å². The van der Waals surface area contributed by atoms with E-state index in [1.165, 1.54) is 0 Å². The Kier molecular flexibility index (Phi) is 4.81. The molecule has 5 nitrogen and oxygen atoms in total. The van der Waals surface area contributed by atoms with Gasteiger partial charge in [-0.2, -0.15) is 0 Å². The minimum absolute atomic E-state index is 0.209. The molecule has 0 aliphatic carbocycles. The predicted octanol–water partition coefficient (Wildman–Crippen LogP) is 5.90. The first kappa shape index (κ1) is 18.8. The first-order valence-electron chi connectivity index (χ1n) is 9.11. The smallest absolute Gasteiger partial charge is 0.269 e. The molecule has 4 aromatic rings. The molecule has 0 fully saturated rings. The van der Waals surface area contributed by atoms with Crippen molar-refractivity contribution in [2.24, 2.45) is 0 Å². The van der Waals surface area contributed by atoms with Crippen molar-refractivity contribution in [1.82, 2.24) is 19.9 Å². The van der Waals surface area contributed by atoms with Crippen LogP contribution in [-0.2, 0) is 0 Å². The first-order chi connectivity index (χ1) is 13.4. The number of amides is 1. The molecule has 2 heterocycles. The molecule has 1 amide bonds. The zero-order chi connectivity index (χ0) is 20.0. The zero-order valence-electron chi connectivity index (χ0n) is 15.8. The number of H-pyrrole nitrogens is 1. The minimum atomic E-state index is -0.298. The first-order valence-corrected chi connectivity index (χ1v) is 9.87. The van der Waals surface area contributed by atoms with Gasteiger partial charge in [0, 0.05) is 22.0 Å². The second-order valence-electron chi connectivity index (χ2n) is 7.12. The fourth-order valence-corrected chi connectivity index (χ4v) is 3.99. The van der Waals surface area contributed by atoms with Crippen molar-refractivity contribution in [3.05, 3.63) is 64.0 Å². The number of carbonyl (C=O) groups is 1. The number of rotatable bonds is 4. The molecule has 4 rings (SSSR count). The van der Waals surface area contributed by atoms with Gasteiger partial charge < -0.3 is 14.9 Å². The number of aromatic nitrogens is 3. The third-order valence-corrected chi connectivity index (χ3v) is 5.43. The number of benzene rings is 2. The minimum Gasteiger partial charge on any atom is -0.349 e. The van der Waals surface area contributed by atoms with E-state index < -0.39 is 0 Å². The van der Waals surface area contributed by atoms with Crippen LogP contribution < -0.4 is 5.32 Å². The monoisotopic (exact) mass is 414 g/mol. The van der Waals surface area contributed by atoms with E-state index in [1.807, 2.05) is 37.3 Å². The highest BCUT2D eigenvalue weighted by Crippen LogP contribution is 2.30. The highest BCUT2D eigenvalue weighted by Gasteiger charge is 2.23. The largest absolute Gasteiger partial charge is 0.349 e. The van der Waals surface area contributed by atoms with Gasteiger partial charge in [0.25, 0.3) is 5.91 Å². The van der Waals surface area contributed by atoms with Crippen molar-refractivity contribution in [1.29, 1.82) is 0 Å². The molecule has 1 atom stereocenters. The van der Waals surface area contributed by atoms with Crippen LogP contribution in [0.5, 0.6) is 0 Å². The predicted molar refractivity (Wildman–Crippen MR) is 114 cm³/mol. The summed E-state index contributed by atoms with van der Waals surface area (Å²) in [6, 6.07) is 13.2. The second kappa shape index (κ2) is 7.15. The summed E-state index contributed by atoms with van der Waals surface area (Å²) >= 11 is 12.5. The summed E-state index contributed by atoms with van der Waals surface area (Å²) in [5, 5.41) is 4.67. The van der Waals surface area contributed by atoms with E-state index in [9.17, 15) is 4.79 Å². The van der Waals surface area contributed by atoms with E-state index in [-0.39, 0.29) is 18.0 Å². The maximum absolute atomic E-state index is 12.9. The van der Waals surface area contributed by atoms with Crippen molar-refractivity contribution in [2.45, 2.75) is 32.9 Å². The van der Waals surface area contributed by atoms with Crippen LogP contribution >= 0.6 is 23.2 Å². The van der Waals surface area contributed by atoms with Gasteiger partial charge in [-0.15, -0.1) is 0 Å². The molecule has 0 saturated carbocycles. The van der Waals surface area contributed by atoms with Gasteiger partial charge in [0.15, 0.2) is 0 Å². The van der Waals surface area contributed by atoms with E-state index in [0.717, 1.165) is 27.8 Å². The van der Waals surface area contributed by atoms with Crippen molar-refractivity contribution in [3.63, 3.8) is 0 Å². The molecule has 2 aromatic heterocycles. The number of nitrogens with zero attached hydrogens (tertiary/aromatic N) is 2. The van der Waals surface area contributed by atoms with Gasteiger partial charge in [-0.1, -0.05) is 35.3 Å². The molecular weight excluding hydrogens is 395 g/mol. The lowest BCUT2D eigenvalue weighted by molar-refractivity contribution is 0.0933. The molecule has 2 aromatic carbocycles. The molecule has 28 heavy (non-hydrogen) atoms. The molecule has 2 N–H and O–H groups in total. The number of fused-ring (bicyclic) bond motifs is 2. The zero-order valence-corrected chi connectivity index (χ0v) is 17.3.